The number of ketones is 1. The van der Waals surface area contributed by atoms with Crippen LogP contribution >= 0.6 is 0 Å². The van der Waals surface area contributed by atoms with Crippen molar-refractivity contribution in [1.29, 1.82) is 0 Å². The minimum atomic E-state index is 0.0918. The Morgan fingerprint density at radius 1 is 0.895 bits per heavy atom. The van der Waals surface area contributed by atoms with Gasteiger partial charge < -0.3 is 0 Å². The van der Waals surface area contributed by atoms with E-state index in [0.717, 1.165) is 17.5 Å². The van der Waals surface area contributed by atoms with Crippen molar-refractivity contribution in [2.24, 2.45) is 0 Å². The molecule has 94 valence electrons. The summed E-state index contributed by atoms with van der Waals surface area (Å²) in [7, 11) is 0. The maximum Gasteiger partial charge on any atom is 0.193 e. The SMILES string of the molecule is O=C(c1ccccc1)c1ccc([C@@H]2C=CCC2)cc1. The fourth-order valence-corrected chi connectivity index (χ4v) is 2.55. The highest BCUT2D eigenvalue weighted by Gasteiger charge is 2.13. The first-order valence-electron chi connectivity index (χ1n) is 6.71. The predicted molar refractivity (Wildman–Crippen MR) is 77.4 cm³/mol. The third kappa shape index (κ3) is 2.50. The molecule has 0 unspecified atom stereocenters. The monoisotopic (exact) mass is 248 g/mol. The van der Waals surface area contributed by atoms with E-state index in [0.29, 0.717) is 5.92 Å². The second-order valence-corrected chi connectivity index (χ2v) is 4.93. The van der Waals surface area contributed by atoms with Crippen molar-refractivity contribution < 1.29 is 4.79 Å². The Balaban J connectivity index is 1.83. The number of rotatable bonds is 3. The largest absolute Gasteiger partial charge is 0.289 e. The van der Waals surface area contributed by atoms with Crippen LogP contribution in [0.25, 0.3) is 0 Å². The van der Waals surface area contributed by atoms with Gasteiger partial charge in [-0.3, -0.25) is 4.79 Å². The summed E-state index contributed by atoms with van der Waals surface area (Å²) in [6.45, 7) is 0. The summed E-state index contributed by atoms with van der Waals surface area (Å²) in [6.07, 6.45) is 6.84. The van der Waals surface area contributed by atoms with E-state index in [1.54, 1.807) is 0 Å². The lowest BCUT2D eigenvalue weighted by Crippen LogP contribution is -2.01. The maximum absolute atomic E-state index is 12.3. The molecule has 0 saturated heterocycles. The molecule has 0 aromatic heterocycles. The van der Waals surface area contributed by atoms with Crippen molar-refractivity contribution in [2.75, 3.05) is 0 Å². The van der Waals surface area contributed by atoms with Crippen LogP contribution in [0.2, 0.25) is 0 Å². The lowest BCUT2D eigenvalue weighted by atomic mass is 9.95. The highest BCUT2D eigenvalue weighted by atomic mass is 16.1. The average molecular weight is 248 g/mol. The molecule has 0 heterocycles. The Morgan fingerprint density at radius 2 is 1.58 bits per heavy atom. The van der Waals surface area contributed by atoms with Gasteiger partial charge in [0.15, 0.2) is 5.78 Å². The molecule has 0 N–H and O–H groups in total. The first-order chi connectivity index (χ1) is 9.34. The topological polar surface area (TPSA) is 17.1 Å². The Kier molecular flexibility index (Phi) is 3.28. The summed E-state index contributed by atoms with van der Waals surface area (Å²) in [5, 5.41) is 0. The summed E-state index contributed by atoms with van der Waals surface area (Å²) in [6, 6.07) is 17.5. The van der Waals surface area contributed by atoms with Crippen LogP contribution in [-0.2, 0) is 0 Å². The zero-order valence-corrected chi connectivity index (χ0v) is 10.8. The van der Waals surface area contributed by atoms with Crippen molar-refractivity contribution in [3.05, 3.63) is 83.4 Å². The van der Waals surface area contributed by atoms with Crippen molar-refractivity contribution in [2.45, 2.75) is 18.8 Å². The van der Waals surface area contributed by atoms with E-state index in [1.807, 2.05) is 42.5 Å². The zero-order chi connectivity index (χ0) is 13.1. The second-order valence-electron chi connectivity index (χ2n) is 4.93. The second kappa shape index (κ2) is 5.23. The molecular weight excluding hydrogens is 232 g/mol. The molecule has 1 nitrogen and oxygen atoms in total. The smallest absolute Gasteiger partial charge is 0.193 e. The molecule has 19 heavy (non-hydrogen) atoms. The number of hydrogen-bond acceptors (Lipinski definition) is 1. The van der Waals surface area contributed by atoms with Crippen LogP contribution in [0.15, 0.2) is 66.7 Å². The molecule has 0 amide bonds. The van der Waals surface area contributed by atoms with E-state index in [-0.39, 0.29) is 5.78 Å². The minimum Gasteiger partial charge on any atom is -0.289 e. The number of carbonyl (C=O) groups excluding carboxylic acids is 1. The molecule has 2 aromatic carbocycles. The van der Waals surface area contributed by atoms with Gasteiger partial charge >= 0.3 is 0 Å². The summed E-state index contributed by atoms with van der Waals surface area (Å²) >= 11 is 0. The van der Waals surface area contributed by atoms with E-state index in [4.69, 9.17) is 0 Å². The third-order valence-electron chi connectivity index (χ3n) is 3.65. The summed E-state index contributed by atoms with van der Waals surface area (Å²) < 4.78 is 0. The van der Waals surface area contributed by atoms with Gasteiger partial charge in [-0.05, 0) is 18.4 Å². The van der Waals surface area contributed by atoms with Crippen molar-refractivity contribution in [3.8, 4) is 0 Å². The van der Waals surface area contributed by atoms with Gasteiger partial charge in [0.05, 0.1) is 0 Å². The summed E-state index contributed by atoms with van der Waals surface area (Å²) in [5.41, 5.74) is 2.81. The van der Waals surface area contributed by atoms with Gasteiger partial charge in [0.25, 0.3) is 0 Å². The number of hydrogen-bond donors (Lipinski definition) is 0. The van der Waals surface area contributed by atoms with Crippen LogP contribution in [0.3, 0.4) is 0 Å². The summed E-state index contributed by atoms with van der Waals surface area (Å²) in [4.78, 5) is 12.3. The molecule has 0 radical (unpaired) electrons. The molecule has 1 heteroatoms. The van der Waals surface area contributed by atoms with E-state index in [2.05, 4.69) is 24.3 Å². The number of carbonyl (C=O) groups is 1. The Hall–Kier alpha value is -2.15. The zero-order valence-electron chi connectivity index (χ0n) is 10.8. The van der Waals surface area contributed by atoms with Gasteiger partial charge in [-0.15, -0.1) is 0 Å². The molecule has 0 spiro atoms. The van der Waals surface area contributed by atoms with Crippen LogP contribution in [0.5, 0.6) is 0 Å². The molecule has 1 aliphatic rings. The first kappa shape index (κ1) is 11.9. The number of allylic oxidation sites excluding steroid dienone is 2. The number of benzene rings is 2. The molecule has 1 atom stereocenters. The molecule has 0 bridgehead atoms. The van der Waals surface area contributed by atoms with E-state index in [9.17, 15) is 4.79 Å². The molecule has 0 saturated carbocycles. The standard InChI is InChI=1S/C18H16O/c19-18(16-8-2-1-3-9-16)17-12-10-15(11-13-17)14-6-4-5-7-14/h1-4,6,8-14H,5,7H2/t14-/m1/s1. The van der Waals surface area contributed by atoms with Gasteiger partial charge in [0, 0.05) is 17.0 Å². The van der Waals surface area contributed by atoms with Crippen LogP contribution in [0, 0.1) is 0 Å². The third-order valence-corrected chi connectivity index (χ3v) is 3.65. The molecule has 0 fully saturated rings. The van der Waals surface area contributed by atoms with Crippen LogP contribution in [0.4, 0.5) is 0 Å². The Bertz CT molecular complexity index is 593. The fourth-order valence-electron chi connectivity index (χ4n) is 2.55. The predicted octanol–water partition coefficient (Wildman–Crippen LogP) is 4.35. The van der Waals surface area contributed by atoms with E-state index in [1.165, 1.54) is 12.0 Å². The van der Waals surface area contributed by atoms with Gasteiger partial charge in [0.2, 0.25) is 0 Å². The molecule has 0 aliphatic heterocycles. The van der Waals surface area contributed by atoms with Gasteiger partial charge in [-0.2, -0.15) is 0 Å². The van der Waals surface area contributed by atoms with Crippen LogP contribution in [-0.4, -0.2) is 5.78 Å². The summed E-state index contributed by atoms with van der Waals surface area (Å²) in [5.74, 6) is 0.620. The van der Waals surface area contributed by atoms with Gasteiger partial charge in [-0.25, -0.2) is 0 Å². The maximum atomic E-state index is 12.3. The van der Waals surface area contributed by atoms with Gasteiger partial charge in [-0.1, -0.05) is 66.7 Å². The quantitative estimate of drug-likeness (QED) is 0.583. The molecule has 1 aliphatic carbocycles. The molecule has 2 aromatic rings. The average Bonchev–Trinajstić information content (AvgIpc) is 3.02. The highest BCUT2D eigenvalue weighted by Crippen LogP contribution is 2.28. The Morgan fingerprint density at radius 3 is 2.21 bits per heavy atom. The van der Waals surface area contributed by atoms with Crippen LogP contribution < -0.4 is 0 Å². The minimum absolute atomic E-state index is 0.0918. The molecule has 3 rings (SSSR count). The van der Waals surface area contributed by atoms with Crippen molar-refractivity contribution in [3.63, 3.8) is 0 Å². The van der Waals surface area contributed by atoms with Crippen LogP contribution in [0.1, 0.15) is 40.2 Å². The van der Waals surface area contributed by atoms with E-state index >= 15 is 0 Å². The van der Waals surface area contributed by atoms with E-state index < -0.39 is 0 Å². The van der Waals surface area contributed by atoms with Crippen molar-refractivity contribution in [1.82, 2.24) is 0 Å². The fraction of sp³-hybridized carbons (Fsp3) is 0.167. The lowest BCUT2D eigenvalue weighted by Gasteiger charge is -2.08. The lowest BCUT2D eigenvalue weighted by molar-refractivity contribution is 0.103. The van der Waals surface area contributed by atoms with Gasteiger partial charge in [0.1, 0.15) is 0 Å². The first-order valence-corrected chi connectivity index (χ1v) is 6.71. The Labute approximate surface area is 113 Å². The molecular formula is C18H16O. The van der Waals surface area contributed by atoms with Crippen molar-refractivity contribution >= 4 is 5.78 Å². The highest BCUT2D eigenvalue weighted by molar-refractivity contribution is 6.08. The normalized spacial score (nSPS) is 17.6.